The molecule has 0 amide bonds. The third-order valence-corrected chi connectivity index (χ3v) is 3.85. The van der Waals surface area contributed by atoms with Crippen molar-refractivity contribution in [3.63, 3.8) is 0 Å². The van der Waals surface area contributed by atoms with Crippen molar-refractivity contribution in [3.8, 4) is 5.75 Å². The van der Waals surface area contributed by atoms with Gasteiger partial charge in [0, 0.05) is 12.0 Å². The summed E-state index contributed by atoms with van der Waals surface area (Å²) in [5.74, 6) is 1.15. The first-order valence-corrected chi connectivity index (χ1v) is 8.37. The highest BCUT2D eigenvalue weighted by atomic mass is 16.5. The minimum atomic E-state index is 0.281. The van der Waals surface area contributed by atoms with Crippen LogP contribution in [0.15, 0.2) is 12.1 Å². The van der Waals surface area contributed by atoms with Crippen molar-refractivity contribution >= 4 is 5.78 Å². The van der Waals surface area contributed by atoms with Crippen LogP contribution in [0.25, 0.3) is 0 Å². The highest BCUT2D eigenvalue weighted by Gasteiger charge is 2.13. The first-order valence-electron chi connectivity index (χ1n) is 8.37. The second-order valence-electron chi connectivity index (χ2n) is 5.81. The lowest BCUT2D eigenvalue weighted by Crippen LogP contribution is -2.05. The summed E-state index contributed by atoms with van der Waals surface area (Å²) < 4.78 is 5.53. The Bertz CT molecular complexity index is 426. The van der Waals surface area contributed by atoms with Gasteiger partial charge in [-0.3, -0.25) is 4.79 Å². The van der Waals surface area contributed by atoms with Gasteiger partial charge in [0.05, 0.1) is 6.61 Å². The third kappa shape index (κ3) is 5.91. The average Bonchev–Trinajstić information content (AvgIpc) is 2.42. The van der Waals surface area contributed by atoms with Gasteiger partial charge in [0.2, 0.25) is 0 Å². The number of carbonyl (C=O) groups excluding carboxylic acids is 1. The molecule has 0 aliphatic rings. The molecule has 0 unspecified atom stereocenters. The Morgan fingerprint density at radius 1 is 0.952 bits per heavy atom. The van der Waals surface area contributed by atoms with Crippen molar-refractivity contribution in [1.82, 2.24) is 0 Å². The zero-order chi connectivity index (χ0) is 15.7. The second kappa shape index (κ2) is 9.59. The molecule has 1 aromatic rings. The van der Waals surface area contributed by atoms with Gasteiger partial charge in [-0.25, -0.2) is 0 Å². The van der Waals surface area contributed by atoms with Gasteiger partial charge >= 0.3 is 0 Å². The van der Waals surface area contributed by atoms with Gasteiger partial charge in [-0.15, -0.1) is 0 Å². The van der Waals surface area contributed by atoms with E-state index >= 15 is 0 Å². The van der Waals surface area contributed by atoms with Crippen molar-refractivity contribution in [2.24, 2.45) is 0 Å². The number of aryl methyl sites for hydroxylation is 2. The van der Waals surface area contributed by atoms with Crippen LogP contribution in [0.2, 0.25) is 0 Å². The number of unbranched alkanes of at least 4 members (excludes halogenated alkanes) is 5. The standard InChI is InChI=1S/C19H30O2/c1-5-7-8-9-10-11-12-18(20)19-15(3)13-17(21-6-2)14-16(19)4/h13-14H,5-12H2,1-4H3. The summed E-state index contributed by atoms with van der Waals surface area (Å²) in [4.78, 5) is 12.4. The van der Waals surface area contributed by atoms with Gasteiger partial charge in [-0.1, -0.05) is 39.0 Å². The van der Waals surface area contributed by atoms with E-state index in [2.05, 4.69) is 6.92 Å². The number of hydrogen-bond donors (Lipinski definition) is 0. The second-order valence-corrected chi connectivity index (χ2v) is 5.81. The molecule has 0 aromatic heterocycles. The Balaban J connectivity index is 2.54. The van der Waals surface area contributed by atoms with Crippen LogP contribution in [0, 0.1) is 13.8 Å². The number of ether oxygens (including phenoxy) is 1. The molecule has 0 aliphatic heterocycles. The number of Topliss-reactive ketones (excluding diaryl/α,β-unsaturated/α-hetero) is 1. The molecule has 0 aliphatic carbocycles. The van der Waals surface area contributed by atoms with E-state index in [-0.39, 0.29) is 5.78 Å². The maximum absolute atomic E-state index is 12.4. The molecule has 118 valence electrons. The van der Waals surface area contributed by atoms with Gasteiger partial charge in [-0.05, 0) is 50.5 Å². The van der Waals surface area contributed by atoms with E-state index in [0.717, 1.165) is 28.9 Å². The fourth-order valence-electron chi connectivity index (χ4n) is 2.80. The predicted molar refractivity (Wildman–Crippen MR) is 89.4 cm³/mol. The van der Waals surface area contributed by atoms with Crippen molar-refractivity contribution in [2.45, 2.75) is 72.6 Å². The van der Waals surface area contributed by atoms with E-state index < -0.39 is 0 Å². The lowest BCUT2D eigenvalue weighted by atomic mass is 9.95. The van der Waals surface area contributed by atoms with Crippen LogP contribution in [0.4, 0.5) is 0 Å². The Hall–Kier alpha value is -1.31. The van der Waals surface area contributed by atoms with Crippen LogP contribution in [-0.4, -0.2) is 12.4 Å². The number of ketones is 1. The third-order valence-electron chi connectivity index (χ3n) is 3.85. The quantitative estimate of drug-likeness (QED) is 0.412. The van der Waals surface area contributed by atoms with E-state index in [1.807, 2.05) is 32.9 Å². The summed E-state index contributed by atoms with van der Waals surface area (Å²) in [6.07, 6.45) is 7.97. The zero-order valence-electron chi connectivity index (χ0n) is 14.1. The van der Waals surface area contributed by atoms with Crippen LogP contribution in [0.5, 0.6) is 5.75 Å². The van der Waals surface area contributed by atoms with Gasteiger partial charge in [0.25, 0.3) is 0 Å². The smallest absolute Gasteiger partial charge is 0.163 e. The molecule has 2 nitrogen and oxygen atoms in total. The molecule has 0 bridgehead atoms. The van der Waals surface area contributed by atoms with E-state index in [1.165, 1.54) is 32.1 Å². The molecule has 0 heterocycles. The number of hydrogen-bond acceptors (Lipinski definition) is 2. The van der Waals surface area contributed by atoms with E-state index in [1.54, 1.807) is 0 Å². The highest BCUT2D eigenvalue weighted by molar-refractivity contribution is 5.99. The van der Waals surface area contributed by atoms with Crippen molar-refractivity contribution in [2.75, 3.05) is 6.61 Å². The van der Waals surface area contributed by atoms with Crippen LogP contribution < -0.4 is 4.74 Å². The molecule has 0 atom stereocenters. The van der Waals surface area contributed by atoms with Gasteiger partial charge in [0.15, 0.2) is 5.78 Å². The molecule has 0 fully saturated rings. The van der Waals surface area contributed by atoms with Crippen LogP contribution in [-0.2, 0) is 0 Å². The molecule has 0 saturated heterocycles. The number of carbonyl (C=O) groups is 1. The number of benzene rings is 1. The Labute approximate surface area is 129 Å². The molecule has 2 heteroatoms. The molecule has 0 saturated carbocycles. The lowest BCUT2D eigenvalue weighted by molar-refractivity contribution is 0.0978. The van der Waals surface area contributed by atoms with E-state index in [4.69, 9.17) is 4.74 Å². The van der Waals surface area contributed by atoms with Crippen molar-refractivity contribution in [1.29, 1.82) is 0 Å². The van der Waals surface area contributed by atoms with Crippen molar-refractivity contribution < 1.29 is 9.53 Å². The molecular formula is C19H30O2. The molecule has 0 radical (unpaired) electrons. The van der Waals surface area contributed by atoms with Crippen LogP contribution in [0.3, 0.4) is 0 Å². The Kier molecular flexibility index (Phi) is 8.11. The molecule has 0 N–H and O–H groups in total. The molecular weight excluding hydrogens is 260 g/mol. The SMILES string of the molecule is CCCCCCCCC(=O)c1c(C)cc(OCC)cc1C. The molecule has 1 rings (SSSR count). The minimum Gasteiger partial charge on any atom is -0.494 e. The summed E-state index contributed by atoms with van der Waals surface area (Å²) in [5, 5.41) is 0. The average molecular weight is 290 g/mol. The maximum atomic E-state index is 12.4. The fraction of sp³-hybridized carbons (Fsp3) is 0.632. The highest BCUT2D eigenvalue weighted by Crippen LogP contribution is 2.24. The van der Waals surface area contributed by atoms with E-state index in [0.29, 0.717) is 13.0 Å². The van der Waals surface area contributed by atoms with Gasteiger partial charge in [-0.2, -0.15) is 0 Å². The minimum absolute atomic E-state index is 0.281. The van der Waals surface area contributed by atoms with Crippen LogP contribution >= 0.6 is 0 Å². The summed E-state index contributed by atoms with van der Waals surface area (Å²) in [6.45, 7) is 8.86. The number of rotatable bonds is 10. The Morgan fingerprint density at radius 3 is 2.10 bits per heavy atom. The Morgan fingerprint density at radius 2 is 1.52 bits per heavy atom. The largest absolute Gasteiger partial charge is 0.494 e. The first-order chi connectivity index (χ1) is 10.1. The normalized spacial score (nSPS) is 10.7. The van der Waals surface area contributed by atoms with Gasteiger partial charge in [0.1, 0.15) is 5.75 Å². The summed E-state index contributed by atoms with van der Waals surface area (Å²) in [5.41, 5.74) is 2.97. The van der Waals surface area contributed by atoms with Crippen LogP contribution in [0.1, 0.15) is 80.3 Å². The summed E-state index contributed by atoms with van der Waals surface area (Å²) >= 11 is 0. The zero-order valence-corrected chi connectivity index (χ0v) is 14.1. The molecule has 0 spiro atoms. The topological polar surface area (TPSA) is 26.3 Å². The molecule has 1 aromatic carbocycles. The predicted octanol–water partition coefficient (Wildman–Crippen LogP) is 5.64. The van der Waals surface area contributed by atoms with Gasteiger partial charge < -0.3 is 4.74 Å². The fourth-order valence-corrected chi connectivity index (χ4v) is 2.80. The monoisotopic (exact) mass is 290 g/mol. The lowest BCUT2D eigenvalue weighted by Gasteiger charge is -2.12. The van der Waals surface area contributed by atoms with Crippen molar-refractivity contribution in [3.05, 3.63) is 28.8 Å². The van der Waals surface area contributed by atoms with E-state index in [9.17, 15) is 4.79 Å². The molecule has 21 heavy (non-hydrogen) atoms. The maximum Gasteiger partial charge on any atom is 0.163 e. The summed E-state index contributed by atoms with van der Waals surface area (Å²) in [7, 11) is 0. The first kappa shape index (κ1) is 17.7. The summed E-state index contributed by atoms with van der Waals surface area (Å²) in [6, 6.07) is 3.95.